The van der Waals surface area contributed by atoms with Gasteiger partial charge < -0.3 is 14.8 Å². The SMILES string of the molecule is COCCNCCC(C)(C)c1cc(Cl)c(OC)cc1Cl. The minimum Gasteiger partial charge on any atom is -0.495 e. The third kappa shape index (κ3) is 4.81. The molecule has 0 heterocycles. The van der Waals surface area contributed by atoms with Crippen LogP contribution in [-0.4, -0.2) is 33.9 Å². The van der Waals surface area contributed by atoms with Crippen molar-refractivity contribution >= 4 is 23.2 Å². The van der Waals surface area contributed by atoms with Crippen LogP contribution in [-0.2, 0) is 10.2 Å². The number of ether oxygens (including phenoxy) is 2. The lowest BCUT2D eigenvalue weighted by molar-refractivity contribution is 0.198. The summed E-state index contributed by atoms with van der Waals surface area (Å²) in [6.45, 7) is 6.79. The third-order valence-corrected chi connectivity index (χ3v) is 3.99. The first-order valence-electron chi connectivity index (χ1n) is 6.65. The normalized spacial score (nSPS) is 11.7. The Labute approximate surface area is 131 Å². The van der Waals surface area contributed by atoms with Crippen LogP contribution in [0.3, 0.4) is 0 Å². The molecule has 1 aromatic rings. The van der Waals surface area contributed by atoms with Crippen molar-refractivity contribution in [2.45, 2.75) is 25.7 Å². The molecule has 0 spiro atoms. The number of benzene rings is 1. The molecule has 0 aliphatic rings. The van der Waals surface area contributed by atoms with E-state index >= 15 is 0 Å². The van der Waals surface area contributed by atoms with Crippen LogP contribution in [0.1, 0.15) is 25.8 Å². The van der Waals surface area contributed by atoms with Gasteiger partial charge in [-0.2, -0.15) is 0 Å². The smallest absolute Gasteiger partial charge is 0.138 e. The van der Waals surface area contributed by atoms with Gasteiger partial charge in [-0.25, -0.2) is 0 Å². The molecular weight excluding hydrogens is 297 g/mol. The van der Waals surface area contributed by atoms with E-state index in [1.54, 1.807) is 20.3 Å². The van der Waals surface area contributed by atoms with Gasteiger partial charge in [-0.05, 0) is 30.0 Å². The van der Waals surface area contributed by atoms with E-state index in [1.807, 2.05) is 6.07 Å². The summed E-state index contributed by atoms with van der Waals surface area (Å²) < 4.78 is 10.2. The summed E-state index contributed by atoms with van der Waals surface area (Å²) in [5.41, 5.74) is 0.978. The van der Waals surface area contributed by atoms with Gasteiger partial charge in [-0.15, -0.1) is 0 Å². The van der Waals surface area contributed by atoms with Crippen molar-refractivity contribution in [1.29, 1.82) is 0 Å². The lowest BCUT2D eigenvalue weighted by Crippen LogP contribution is -2.27. The van der Waals surface area contributed by atoms with Crippen molar-refractivity contribution in [1.82, 2.24) is 5.32 Å². The Bertz CT molecular complexity index is 436. The topological polar surface area (TPSA) is 30.5 Å². The molecule has 1 rings (SSSR count). The quantitative estimate of drug-likeness (QED) is 0.737. The Morgan fingerprint density at radius 1 is 1.10 bits per heavy atom. The molecule has 0 bridgehead atoms. The maximum absolute atomic E-state index is 6.35. The Kier molecular flexibility index (Phi) is 7.10. The van der Waals surface area contributed by atoms with Gasteiger partial charge in [0.15, 0.2) is 0 Å². The Morgan fingerprint density at radius 3 is 2.40 bits per heavy atom. The van der Waals surface area contributed by atoms with Gasteiger partial charge in [0.05, 0.1) is 18.7 Å². The Morgan fingerprint density at radius 2 is 1.80 bits per heavy atom. The number of rotatable bonds is 8. The molecule has 0 fully saturated rings. The highest BCUT2D eigenvalue weighted by molar-refractivity contribution is 6.34. The first kappa shape index (κ1) is 17.6. The minimum absolute atomic E-state index is 0.0624. The number of hydrogen-bond acceptors (Lipinski definition) is 3. The summed E-state index contributed by atoms with van der Waals surface area (Å²) >= 11 is 12.5. The predicted octanol–water partition coefficient (Wildman–Crippen LogP) is 3.91. The van der Waals surface area contributed by atoms with Gasteiger partial charge in [0.2, 0.25) is 0 Å². The van der Waals surface area contributed by atoms with Crippen LogP contribution < -0.4 is 10.1 Å². The first-order valence-corrected chi connectivity index (χ1v) is 7.41. The van der Waals surface area contributed by atoms with Crippen LogP contribution in [0.25, 0.3) is 0 Å². The zero-order valence-electron chi connectivity index (χ0n) is 12.6. The van der Waals surface area contributed by atoms with Gasteiger partial charge in [0, 0.05) is 24.7 Å². The standard InChI is InChI=1S/C15H23Cl2NO2/c1-15(2,5-6-18-7-8-19-3)11-9-13(17)14(20-4)10-12(11)16/h9-10,18H,5-8H2,1-4H3. The van der Waals surface area contributed by atoms with Gasteiger partial charge in [-0.3, -0.25) is 0 Å². The molecule has 0 amide bonds. The zero-order chi connectivity index (χ0) is 15.2. The van der Waals surface area contributed by atoms with Crippen molar-refractivity contribution in [3.05, 3.63) is 27.7 Å². The van der Waals surface area contributed by atoms with Crippen molar-refractivity contribution in [3.8, 4) is 5.75 Å². The molecule has 0 unspecified atom stereocenters. The number of hydrogen-bond donors (Lipinski definition) is 1. The second-order valence-electron chi connectivity index (χ2n) is 5.34. The highest BCUT2D eigenvalue weighted by atomic mass is 35.5. The minimum atomic E-state index is -0.0624. The van der Waals surface area contributed by atoms with E-state index in [0.717, 1.165) is 31.7 Å². The van der Waals surface area contributed by atoms with Crippen LogP contribution >= 0.6 is 23.2 Å². The maximum atomic E-state index is 6.35. The average Bonchev–Trinajstić information content (AvgIpc) is 2.40. The van der Waals surface area contributed by atoms with E-state index in [4.69, 9.17) is 32.7 Å². The van der Waals surface area contributed by atoms with Crippen LogP contribution in [0.5, 0.6) is 5.75 Å². The van der Waals surface area contributed by atoms with Crippen molar-refractivity contribution in [2.75, 3.05) is 33.9 Å². The third-order valence-electron chi connectivity index (χ3n) is 3.38. The zero-order valence-corrected chi connectivity index (χ0v) is 14.1. The highest BCUT2D eigenvalue weighted by Gasteiger charge is 2.24. The molecule has 0 aliphatic heterocycles. The van der Waals surface area contributed by atoms with Crippen molar-refractivity contribution in [3.63, 3.8) is 0 Å². The highest BCUT2D eigenvalue weighted by Crippen LogP contribution is 2.38. The van der Waals surface area contributed by atoms with E-state index in [-0.39, 0.29) is 5.41 Å². The summed E-state index contributed by atoms with van der Waals surface area (Å²) in [5, 5.41) is 4.62. The van der Waals surface area contributed by atoms with E-state index in [2.05, 4.69) is 19.2 Å². The lowest BCUT2D eigenvalue weighted by atomic mass is 9.81. The molecule has 1 aromatic carbocycles. The second kappa shape index (κ2) is 8.08. The monoisotopic (exact) mass is 319 g/mol. The molecule has 0 saturated heterocycles. The number of halogens is 2. The Balaban J connectivity index is 2.74. The fourth-order valence-electron chi connectivity index (χ4n) is 2.04. The average molecular weight is 320 g/mol. The summed E-state index contributed by atoms with van der Waals surface area (Å²) in [7, 11) is 3.28. The summed E-state index contributed by atoms with van der Waals surface area (Å²) in [6, 6.07) is 3.68. The van der Waals surface area contributed by atoms with E-state index in [9.17, 15) is 0 Å². The molecule has 0 atom stereocenters. The predicted molar refractivity (Wildman–Crippen MR) is 85.4 cm³/mol. The number of nitrogens with one attached hydrogen (secondary N) is 1. The molecule has 1 N–H and O–H groups in total. The lowest BCUT2D eigenvalue weighted by Gasteiger charge is -2.27. The summed E-state index contributed by atoms with van der Waals surface area (Å²) in [5.74, 6) is 0.606. The van der Waals surface area contributed by atoms with Crippen LogP contribution in [0.2, 0.25) is 10.0 Å². The molecule has 0 saturated carbocycles. The number of methoxy groups -OCH3 is 2. The van der Waals surface area contributed by atoms with Gasteiger partial charge in [0.1, 0.15) is 5.75 Å². The maximum Gasteiger partial charge on any atom is 0.138 e. The van der Waals surface area contributed by atoms with Gasteiger partial charge >= 0.3 is 0 Å². The first-order chi connectivity index (χ1) is 9.42. The van der Waals surface area contributed by atoms with Crippen LogP contribution in [0.15, 0.2) is 12.1 Å². The van der Waals surface area contributed by atoms with Gasteiger partial charge in [-0.1, -0.05) is 37.0 Å². The molecule has 0 aromatic heterocycles. The summed E-state index contributed by atoms with van der Waals surface area (Å²) in [6.07, 6.45) is 0.957. The van der Waals surface area contributed by atoms with Crippen molar-refractivity contribution in [2.24, 2.45) is 0 Å². The Hall–Kier alpha value is -0.480. The van der Waals surface area contributed by atoms with E-state index in [0.29, 0.717) is 15.8 Å². The molecule has 3 nitrogen and oxygen atoms in total. The molecule has 0 radical (unpaired) electrons. The van der Waals surface area contributed by atoms with Crippen molar-refractivity contribution < 1.29 is 9.47 Å². The molecule has 20 heavy (non-hydrogen) atoms. The van der Waals surface area contributed by atoms with E-state index in [1.165, 1.54) is 0 Å². The largest absolute Gasteiger partial charge is 0.495 e. The fraction of sp³-hybridized carbons (Fsp3) is 0.600. The second-order valence-corrected chi connectivity index (χ2v) is 6.16. The fourth-order valence-corrected chi connectivity index (χ4v) is 2.69. The van der Waals surface area contributed by atoms with Gasteiger partial charge in [0.25, 0.3) is 0 Å². The van der Waals surface area contributed by atoms with Crippen LogP contribution in [0, 0.1) is 0 Å². The molecule has 5 heteroatoms. The molecule has 0 aliphatic carbocycles. The molecule has 114 valence electrons. The summed E-state index contributed by atoms with van der Waals surface area (Å²) in [4.78, 5) is 0. The molecular formula is C15H23Cl2NO2. The van der Waals surface area contributed by atoms with E-state index < -0.39 is 0 Å². The van der Waals surface area contributed by atoms with Crippen LogP contribution in [0.4, 0.5) is 0 Å².